The second kappa shape index (κ2) is 9.94. The van der Waals surface area contributed by atoms with Crippen molar-refractivity contribution in [2.24, 2.45) is 4.99 Å². The van der Waals surface area contributed by atoms with Crippen LogP contribution in [0.15, 0.2) is 23.2 Å². The molecule has 27 heavy (non-hydrogen) atoms. The summed E-state index contributed by atoms with van der Waals surface area (Å²) < 4.78 is 31.1. The Morgan fingerprint density at radius 2 is 2.11 bits per heavy atom. The number of hydrogen-bond acceptors (Lipinski definition) is 4. The minimum atomic E-state index is -3.17. The van der Waals surface area contributed by atoms with Crippen LogP contribution in [-0.4, -0.2) is 57.2 Å². The number of sulfonamides is 1. The molecule has 1 aromatic carbocycles. The molecule has 1 heterocycles. The lowest BCUT2D eigenvalue weighted by Crippen LogP contribution is -2.46. The summed E-state index contributed by atoms with van der Waals surface area (Å²) >= 11 is 0. The molecule has 2 N–H and O–H groups in total. The monoisotopic (exact) mass is 396 g/mol. The van der Waals surface area contributed by atoms with E-state index in [0.29, 0.717) is 32.2 Å². The number of ether oxygens (including phenoxy) is 1. The van der Waals surface area contributed by atoms with Crippen molar-refractivity contribution in [1.82, 2.24) is 14.9 Å². The van der Waals surface area contributed by atoms with Crippen molar-refractivity contribution in [3.63, 3.8) is 0 Å². The molecule has 7 nitrogen and oxygen atoms in total. The summed E-state index contributed by atoms with van der Waals surface area (Å²) in [7, 11) is -3.17. The third-order valence-corrected chi connectivity index (χ3v) is 5.86. The lowest BCUT2D eigenvalue weighted by atomic mass is 10.1. The minimum absolute atomic E-state index is 0.0257. The van der Waals surface area contributed by atoms with E-state index in [4.69, 9.17) is 4.74 Å². The first-order valence-electron chi connectivity index (χ1n) is 9.56. The third-order valence-electron chi connectivity index (χ3n) is 4.53. The van der Waals surface area contributed by atoms with E-state index in [0.717, 1.165) is 36.3 Å². The van der Waals surface area contributed by atoms with Gasteiger partial charge in [0.15, 0.2) is 5.96 Å². The number of guanidine groups is 1. The number of nitrogens with one attached hydrogen (secondary N) is 2. The Hall–Kier alpha value is -1.80. The smallest absolute Gasteiger partial charge is 0.211 e. The summed E-state index contributed by atoms with van der Waals surface area (Å²) in [5, 5.41) is 6.51. The van der Waals surface area contributed by atoms with Gasteiger partial charge in [-0.2, -0.15) is 4.31 Å². The Kier molecular flexibility index (Phi) is 7.91. The van der Waals surface area contributed by atoms with Gasteiger partial charge in [0.1, 0.15) is 5.75 Å². The first kappa shape index (κ1) is 21.5. The fourth-order valence-corrected chi connectivity index (χ4v) is 4.43. The van der Waals surface area contributed by atoms with Crippen LogP contribution in [0.2, 0.25) is 0 Å². The highest BCUT2D eigenvalue weighted by Crippen LogP contribution is 2.21. The molecule has 0 amide bonds. The Morgan fingerprint density at radius 3 is 2.78 bits per heavy atom. The van der Waals surface area contributed by atoms with Crippen LogP contribution >= 0.6 is 0 Å². The van der Waals surface area contributed by atoms with Crippen LogP contribution in [0.1, 0.15) is 37.8 Å². The maximum absolute atomic E-state index is 11.9. The predicted molar refractivity (Wildman–Crippen MR) is 110 cm³/mol. The van der Waals surface area contributed by atoms with E-state index in [1.807, 2.05) is 32.9 Å². The first-order valence-corrected chi connectivity index (χ1v) is 11.4. The van der Waals surface area contributed by atoms with Gasteiger partial charge in [0.05, 0.1) is 19.4 Å². The zero-order chi connectivity index (χ0) is 19.9. The molecule has 0 radical (unpaired) electrons. The van der Waals surface area contributed by atoms with Gasteiger partial charge in [-0.05, 0) is 45.2 Å². The summed E-state index contributed by atoms with van der Waals surface area (Å²) in [6.07, 6.45) is 3.04. The normalized spacial score (nSPS) is 18.5. The number of rotatable bonds is 8. The molecule has 0 saturated carbocycles. The van der Waals surface area contributed by atoms with Crippen LogP contribution in [0.5, 0.6) is 5.75 Å². The van der Waals surface area contributed by atoms with Gasteiger partial charge in [-0.25, -0.2) is 13.4 Å². The number of nitrogens with zero attached hydrogens (tertiary/aromatic N) is 2. The van der Waals surface area contributed by atoms with Crippen molar-refractivity contribution in [3.8, 4) is 5.75 Å². The van der Waals surface area contributed by atoms with Crippen molar-refractivity contribution < 1.29 is 13.2 Å². The maximum atomic E-state index is 11.9. The molecule has 8 heteroatoms. The molecule has 0 aliphatic carbocycles. The van der Waals surface area contributed by atoms with Crippen molar-refractivity contribution in [3.05, 3.63) is 29.3 Å². The molecule has 1 saturated heterocycles. The second-order valence-electron chi connectivity index (χ2n) is 6.79. The summed E-state index contributed by atoms with van der Waals surface area (Å²) in [6, 6.07) is 6.09. The lowest BCUT2D eigenvalue weighted by molar-refractivity contribution is 0.336. The van der Waals surface area contributed by atoms with Gasteiger partial charge in [0, 0.05) is 31.2 Å². The van der Waals surface area contributed by atoms with Gasteiger partial charge < -0.3 is 15.4 Å². The summed E-state index contributed by atoms with van der Waals surface area (Å²) in [4.78, 5) is 4.65. The van der Waals surface area contributed by atoms with E-state index in [2.05, 4.69) is 21.7 Å². The van der Waals surface area contributed by atoms with Crippen LogP contribution in [0.3, 0.4) is 0 Å². The lowest BCUT2D eigenvalue weighted by Gasteiger charge is -2.23. The summed E-state index contributed by atoms with van der Waals surface area (Å²) in [6.45, 7) is 9.00. The molecule has 1 aromatic rings. The average Bonchev–Trinajstić information content (AvgIpc) is 3.08. The minimum Gasteiger partial charge on any atom is -0.494 e. The molecule has 1 fully saturated rings. The van der Waals surface area contributed by atoms with E-state index in [9.17, 15) is 8.42 Å². The molecule has 1 atom stereocenters. The predicted octanol–water partition coefficient (Wildman–Crippen LogP) is 1.87. The number of aryl methyl sites for hydroxylation is 1. The summed E-state index contributed by atoms with van der Waals surface area (Å²) in [5.74, 6) is 1.54. The molecule has 0 aromatic heterocycles. The van der Waals surface area contributed by atoms with E-state index >= 15 is 0 Å². The van der Waals surface area contributed by atoms with Crippen LogP contribution < -0.4 is 15.4 Å². The Bertz CT molecular complexity index is 749. The number of hydrogen-bond donors (Lipinski definition) is 2. The van der Waals surface area contributed by atoms with Gasteiger partial charge in [0.25, 0.3) is 0 Å². The first-order chi connectivity index (χ1) is 12.8. The molecule has 0 bridgehead atoms. The molecule has 0 spiro atoms. The molecular weight excluding hydrogens is 364 g/mol. The standard InChI is InChI=1S/C19H32N4O3S/c1-5-20-19(22-14-17-8-7-11-23(17)27(4,24)25)21-13-16-10-9-15(3)12-18(16)26-6-2/h9-10,12,17H,5-8,11,13-14H2,1-4H3,(H2,20,21,22)/t17-/m1/s1. The van der Waals surface area contributed by atoms with Crippen LogP contribution in [0.4, 0.5) is 0 Å². The van der Waals surface area contributed by atoms with E-state index in [1.54, 1.807) is 4.31 Å². The van der Waals surface area contributed by atoms with Gasteiger partial charge >= 0.3 is 0 Å². The maximum Gasteiger partial charge on any atom is 0.211 e. The van der Waals surface area contributed by atoms with Crippen molar-refractivity contribution in [2.45, 2.75) is 46.2 Å². The van der Waals surface area contributed by atoms with Gasteiger partial charge in [-0.15, -0.1) is 0 Å². The fraction of sp³-hybridized carbons (Fsp3) is 0.632. The summed E-state index contributed by atoms with van der Waals surface area (Å²) in [5.41, 5.74) is 2.18. The highest BCUT2D eigenvalue weighted by molar-refractivity contribution is 7.88. The van der Waals surface area contributed by atoms with Crippen LogP contribution in [0.25, 0.3) is 0 Å². The third kappa shape index (κ3) is 6.39. The average molecular weight is 397 g/mol. The quantitative estimate of drug-likeness (QED) is 0.518. The van der Waals surface area contributed by atoms with E-state index in [-0.39, 0.29) is 6.04 Å². The van der Waals surface area contributed by atoms with E-state index < -0.39 is 10.0 Å². The molecule has 0 unspecified atom stereocenters. The zero-order valence-electron chi connectivity index (χ0n) is 16.8. The van der Waals surface area contributed by atoms with Crippen LogP contribution in [0, 0.1) is 6.92 Å². The van der Waals surface area contributed by atoms with Crippen molar-refractivity contribution in [2.75, 3.05) is 32.5 Å². The SMILES string of the molecule is CCNC(=NCc1ccc(C)cc1OCC)NC[C@H]1CCCN1S(C)(=O)=O. The van der Waals surface area contributed by atoms with Gasteiger partial charge in [-0.3, -0.25) is 0 Å². The van der Waals surface area contributed by atoms with E-state index in [1.165, 1.54) is 6.26 Å². The van der Waals surface area contributed by atoms with Crippen LogP contribution in [-0.2, 0) is 16.6 Å². The van der Waals surface area contributed by atoms with Crippen molar-refractivity contribution in [1.29, 1.82) is 0 Å². The van der Waals surface area contributed by atoms with Crippen molar-refractivity contribution >= 4 is 16.0 Å². The highest BCUT2D eigenvalue weighted by atomic mass is 32.2. The fourth-order valence-electron chi connectivity index (χ4n) is 3.25. The highest BCUT2D eigenvalue weighted by Gasteiger charge is 2.31. The largest absolute Gasteiger partial charge is 0.494 e. The molecular formula is C19H32N4O3S. The molecule has 1 aliphatic heterocycles. The Balaban J connectivity index is 2.04. The number of benzene rings is 1. The Labute approximate surface area is 163 Å². The second-order valence-corrected chi connectivity index (χ2v) is 8.73. The van der Waals surface area contributed by atoms with Gasteiger partial charge in [-0.1, -0.05) is 12.1 Å². The molecule has 152 valence electrons. The Morgan fingerprint density at radius 1 is 1.33 bits per heavy atom. The topological polar surface area (TPSA) is 83.0 Å². The zero-order valence-corrected chi connectivity index (χ0v) is 17.6. The van der Waals surface area contributed by atoms with Gasteiger partial charge in [0.2, 0.25) is 10.0 Å². The molecule has 1 aliphatic rings. The number of aliphatic imine (C=N–C) groups is 1. The molecule has 2 rings (SSSR count).